The number of aliphatic carboxylic acids is 1. The summed E-state index contributed by atoms with van der Waals surface area (Å²) in [5, 5.41) is 11.0. The van der Waals surface area contributed by atoms with Gasteiger partial charge in [0.15, 0.2) is 0 Å². The Kier molecular flexibility index (Phi) is 4.75. The minimum absolute atomic E-state index is 0.0416. The number of hydrogen-bond acceptors (Lipinski definition) is 5. The Morgan fingerprint density at radius 1 is 1.40 bits per heavy atom. The van der Waals surface area contributed by atoms with Crippen LogP contribution in [0.4, 0.5) is 0 Å². The third-order valence-electron chi connectivity index (χ3n) is 2.40. The van der Waals surface area contributed by atoms with Crippen molar-refractivity contribution in [3.63, 3.8) is 0 Å². The molecule has 1 aromatic rings. The molecule has 20 heavy (non-hydrogen) atoms. The molecule has 104 valence electrons. The molecule has 0 aromatic heterocycles. The summed E-state index contributed by atoms with van der Waals surface area (Å²) in [6.07, 6.45) is 1.69. The number of carboxylic acid groups (broad SMARTS) is 1. The molecule has 2 N–H and O–H groups in total. The molecular formula is C13H11NO4S2. The van der Waals surface area contributed by atoms with Gasteiger partial charge in [-0.05, 0) is 23.8 Å². The van der Waals surface area contributed by atoms with Crippen molar-refractivity contribution in [2.24, 2.45) is 0 Å². The van der Waals surface area contributed by atoms with E-state index in [2.05, 4.69) is 5.32 Å². The van der Waals surface area contributed by atoms with Crippen LogP contribution >= 0.6 is 24.0 Å². The molecule has 0 unspecified atom stereocenters. The Bertz CT molecular complexity index is 581. The van der Waals surface area contributed by atoms with Gasteiger partial charge in [-0.1, -0.05) is 36.1 Å². The number of carbonyl (C=O) groups excluding carboxylic acids is 1. The summed E-state index contributed by atoms with van der Waals surface area (Å²) in [7, 11) is 0. The monoisotopic (exact) mass is 309 g/mol. The maximum absolute atomic E-state index is 11.5. The van der Waals surface area contributed by atoms with E-state index in [1.54, 1.807) is 30.3 Å². The third kappa shape index (κ3) is 4.07. The number of benzene rings is 1. The first kappa shape index (κ1) is 14.5. The van der Waals surface area contributed by atoms with Gasteiger partial charge in [0.2, 0.25) is 0 Å². The number of thiocarbonyl (C=S) groups is 1. The molecule has 1 aromatic carbocycles. The lowest BCUT2D eigenvalue weighted by Gasteiger charge is -2.04. The predicted octanol–water partition coefficient (Wildman–Crippen LogP) is 2.03. The first-order valence-corrected chi connectivity index (χ1v) is 6.96. The zero-order valence-electron chi connectivity index (χ0n) is 10.3. The second kappa shape index (κ2) is 6.53. The minimum Gasteiger partial charge on any atom is -0.493 e. The summed E-state index contributed by atoms with van der Waals surface area (Å²) in [6, 6.07) is 7.03. The molecule has 0 aliphatic carbocycles. The molecule has 0 spiro atoms. The summed E-state index contributed by atoms with van der Waals surface area (Å²) < 4.78 is 5.73. The molecule has 2 rings (SSSR count). The Hall–Kier alpha value is -1.86. The largest absolute Gasteiger partial charge is 0.493 e. The zero-order valence-corrected chi connectivity index (χ0v) is 11.9. The summed E-state index contributed by atoms with van der Waals surface area (Å²) in [5.41, 5.74) is 0.845. The third-order valence-corrected chi connectivity index (χ3v) is 3.57. The van der Waals surface area contributed by atoms with E-state index in [0.29, 0.717) is 15.0 Å². The standard InChI is InChI=1S/C13H11NO4S2/c15-11(16)5-6-18-9-3-1-8(2-4-9)7-10-12(17)14-13(19)20-10/h1-4,7H,5-6H2,(H,15,16)(H,14,17,19)/b10-7-. The molecule has 0 bridgehead atoms. The fourth-order valence-electron chi connectivity index (χ4n) is 1.49. The normalized spacial score (nSPS) is 16.3. The van der Waals surface area contributed by atoms with E-state index in [0.717, 1.165) is 5.56 Å². The number of ether oxygens (including phenoxy) is 1. The molecule has 0 saturated carbocycles. The SMILES string of the molecule is O=C(O)CCOc1ccc(/C=C2\SC(=S)NC2=O)cc1. The lowest BCUT2D eigenvalue weighted by molar-refractivity contribution is -0.137. The van der Waals surface area contributed by atoms with E-state index in [4.69, 9.17) is 22.1 Å². The lowest BCUT2D eigenvalue weighted by atomic mass is 10.2. The summed E-state index contributed by atoms with van der Waals surface area (Å²) in [5.74, 6) is -0.499. The summed E-state index contributed by atoms with van der Waals surface area (Å²) in [6.45, 7) is 0.127. The molecule has 0 radical (unpaired) electrons. The molecule has 1 aliphatic rings. The van der Waals surface area contributed by atoms with Gasteiger partial charge in [0, 0.05) is 0 Å². The van der Waals surface area contributed by atoms with Crippen molar-refractivity contribution >= 4 is 46.3 Å². The Labute approximate surface area is 125 Å². The maximum atomic E-state index is 11.5. The first-order chi connectivity index (χ1) is 9.54. The van der Waals surface area contributed by atoms with Crippen molar-refractivity contribution in [1.82, 2.24) is 5.32 Å². The number of thioether (sulfide) groups is 1. The van der Waals surface area contributed by atoms with E-state index in [9.17, 15) is 9.59 Å². The van der Waals surface area contributed by atoms with E-state index in [-0.39, 0.29) is 18.9 Å². The molecule has 5 nitrogen and oxygen atoms in total. The van der Waals surface area contributed by atoms with Gasteiger partial charge >= 0.3 is 5.97 Å². The Morgan fingerprint density at radius 3 is 2.65 bits per heavy atom. The van der Waals surface area contributed by atoms with Crippen LogP contribution in [0.2, 0.25) is 0 Å². The Balaban J connectivity index is 1.98. The average Bonchev–Trinajstić information content (AvgIpc) is 2.69. The Morgan fingerprint density at radius 2 is 2.10 bits per heavy atom. The predicted molar refractivity (Wildman–Crippen MR) is 80.5 cm³/mol. The lowest BCUT2D eigenvalue weighted by Crippen LogP contribution is -2.17. The molecule has 1 saturated heterocycles. The van der Waals surface area contributed by atoms with E-state index < -0.39 is 5.97 Å². The summed E-state index contributed by atoms with van der Waals surface area (Å²) in [4.78, 5) is 22.4. The molecule has 0 atom stereocenters. The molecule has 1 fully saturated rings. The van der Waals surface area contributed by atoms with E-state index in [1.807, 2.05) is 0 Å². The first-order valence-electron chi connectivity index (χ1n) is 5.74. The van der Waals surface area contributed by atoms with Crippen LogP contribution in [0.3, 0.4) is 0 Å². The van der Waals surface area contributed by atoms with Crippen molar-refractivity contribution < 1.29 is 19.4 Å². The highest BCUT2D eigenvalue weighted by atomic mass is 32.2. The van der Waals surface area contributed by atoms with Crippen LogP contribution < -0.4 is 10.1 Å². The van der Waals surface area contributed by atoms with Gasteiger partial charge in [-0.15, -0.1) is 0 Å². The average molecular weight is 309 g/mol. The van der Waals surface area contributed by atoms with Gasteiger partial charge in [-0.3, -0.25) is 9.59 Å². The van der Waals surface area contributed by atoms with Gasteiger partial charge in [0.05, 0.1) is 17.9 Å². The van der Waals surface area contributed by atoms with Gasteiger partial charge in [0.1, 0.15) is 10.1 Å². The zero-order chi connectivity index (χ0) is 14.5. The van der Waals surface area contributed by atoms with Crippen LogP contribution in [0, 0.1) is 0 Å². The van der Waals surface area contributed by atoms with E-state index in [1.165, 1.54) is 11.8 Å². The van der Waals surface area contributed by atoms with Crippen molar-refractivity contribution in [2.75, 3.05) is 6.61 Å². The molecule has 7 heteroatoms. The molecule has 1 aliphatic heterocycles. The maximum Gasteiger partial charge on any atom is 0.306 e. The van der Waals surface area contributed by atoms with Gasteiger partial charge in [-0.2, -0.15) is 0 Å². The quantitative estimate of drug-likeness (QED) is 0.640. The number of carboxylic acids is 1. The van der Waals surface area contributed by atoms with Crippen molar-refractivity contribution in [3.8, 4) is 5.75 Å². The number of carbonyl (C=O) groups is 2. The number of hydrogen-bond donors (Lipinski definition) is 2. The van der Waals surface area contributed by atoms with Crippen molar-refractivity contribution in [1.29, 1.82) is 0 Å². The molecular weight excluding hydrogens is 298 g/mol. The van der Waals surface area contributed by atoms with Crippen molar-refractivity contribution in [3.05, 3.63) is 34.7 Å². The molecule has 1 heterocycles. The van der Waals surface area contributed by atoms with Gasteiger partial charge < -0.3 is 15.2 Å². The van der Waals surface area contributed by atoms with Crippen molar-refractivity contribution in [2.45, 2.75) is 6.42 Å². The van der Waals surface area contributed by atoms with Crippen LogP contribution in [0.1, 0.15) is 12.0 Å². The minimum atomic E-state index is -0.897. The second-order valence-corrected chi connectivity index (χ2v) is 5.63. The smallest absolute Gasteiger partial charge is 0.306 e. The number of nitrogens with one attached hydrogen (secondary N) is 1. The van der Waals surface area contributed by atoms with Crippen LogP contribution in [-0.4, -0.2) is 27.9 Å². The molecule has 1 amide bonds. The summed E-state index contributed by atoms with van der Waals surface area (Å²) >= 11 is 6.13. The highest BCUT2D eigenvalue weighted by molar-refractivity contribution is 8.26. The van der Waals surface area contributed by atoms with Crippen LogP contribution in [0.5, 0.6) is 5.75 Å². The van der Waals surface area contributed by atoms with E-state index >= 15 is 0 Å². The number of amides is 1. The van der Waals surface area contributed by atoms with Crippen LogP contribution in [-0.2, 0) is 9.59 Å². The van der Waals surface area contributed by atoms with Crippen LogP contribution in [0.25, 0.3) is 6.08 Å². The number of rotatable bonds is 5. The highest BCUT2D eigenvalue weighted by Crippen LogP contribution is 2.26. The fourth-order valence-corrected chi connectivity index (χ4v) is 2.53. The highest BCUT2D eigenvalue weighted by Gasteiger charge is 2.21. The van der Waals surface area contributed by atoms with Gasteiger partial charge in [-0.25, -0.2) is 0 Å². The topological polar surface area (TPSA) is 75.6 Å². The fraction of sp³-hybridized carbons (Fsp3) is 0.154. The van der Waals surface area contributed by atoms with Gasteiger partial charge in [0.25, 0.3) is 5.91 Å². The van der Waals surface area contributed by atoms with Crippen LogP contribution in [0.15, 0.2) is 29.2 Å². The second-order valence-electron chi connectivity index (χ2n) is 3.91.